The molecule has 2 aromatic heterocycles. The van der Waals surface area contributed by atoms with Gasteiger partial charge in [0.15, 0.2) is 0 Å². The van der Waals surface area contributed by atoms with Gasteiger partial charge in [-0.1, -0.05) is 11.6 Å². The number of hydrogen-bond donors (Lipinski definition) is 2. The molecule has 1 saturated heterocycles. The standard InChI is InChI=1S/C19H19ClFN5O3S2/c1-25-10-11(9-22-25)17-5-6-18(30-17)15-8-16(26(2)31(28,29)24-15)19(27)23-12-3-4-14(21)13(20)7-12/h3-7,9-10,15-16,24H,8H2,1-2H3,(H,23,27)/i1D3,2D3,8D,15D,16D. The number of aryl methyl sites for hydroxylation is 1. The number of nitrogens with one attached hydrogen (secondary N) is 2. The van der Waals surface area contributed by atoms with Crippen LogP contribution >= 0.6 is 22.9 Å². The maximum atomic E-state index is 13.6. The molecule has 164 valence electrons. The van der Waals surface area contributed by atoms with E-state index in [-0.39, 0.29) is 16.1 Å². The van der Waals surface area contributed by atoms with Crippen LogP contribution in [0.25, 0.3) is 10.4 Å². The van der Waals surface area contributed by atoms with E-state index in [1.54, 1.807) is 0 Å². The van der Waals surface area contributed by atoms with Gasteiger partial charge < -0.3 is 5.32 Å². The number of thiophene rings is 1. The molecule has 1 aliphatic rings. The lowest BCUT2D eigenvalue weighted by Crippen LogP contribution is -2.55. The van der Waals surface area contributed by atoms with E-state index < -0.39 is 63.6 Å². The monoisotopic (exact) mass is 492 g/mol. The van der Waals surface area contributed by atoms with E-state index >= 15 is 0 Å². The number of aromatic nitrogens is 2. The van der Waals surface area contributed by atoms with Crippen LogP contribution in [0.4, 0.5) is 10.1 Å². The maximum absolute atomic E-state index is 13.6. The van der Waals surface area contributed by atoms with Gasteiger partial charge in [-0.25, -0.2) is 4.39 Å². The SMILES string of the molecule is [2H]C1C([2H])(c2ccc(-c3cnn(C([2H])([2H])[2H])c3)s2)NS(=O)(=O)N(C([2H])([2H])[2H])C1([2H])C(=O)Nc1ccc(F)c(Cl)c1. The molecule has 0 spiro atoms. The molecule has 0 bridgehead atoms. The van der Waals surface area contributed by atoms with Gasteiger partial charge in [0.1, 0.15) is 11.8 Å². The first kappa shape index (κ1) is 13.3. The summed E-state index contributed by atoms with van der Waals surface area (Å²) < 4.78 is 114. The molecule has 0 saturated carbocycles. The van der Waals surface area contributed by atoms with Crippen molar-refractivity contribution in [1.29, 1.82) is 0 Å². The molecule has 0 aliphatic carbocycles. The van der Waals surface area contributed by atoms with Crippen molar-refractivity contribution in [3.63, 3.8) is 0 Å². The van der Waals surface area contributed by atoms with Crippen molar-refractivity contribution in [2.45, 2.75) is 18.4 Å². The molecule has 0 radical (unpaired) electrons. The largest absolute Gasteiger partial charge is 0.325 e. The Labute approximate surface area is 200 Å². The molecule has 1 aliphatic heterocycles. The van der Waals surface area contributed by atoms with Gasteiger partial charge >= 0.3 is 0 Å². The summed E-state index contributed by atoms with van der Waals surface area (Å²) in [5.41, 5.74) is 0.0558. The van der Waals surface area contributed by atoms with Gasteiger partial charge in [-0.05, 0) is 36.7 Å². The van der Waals surface area contributed by atoms with Crippen molar-refractivity contribution in [1.82, 2.24) is 18.8 Å². The lowest BCUT2D eigenvalue weighted by Gasteiger charge is -2.35. The van der Waals surface area contributed by atoms with Crippen LogP contribution in [0.1, 0.15) is 29.6 Å². The Hall–Kier alpha value is -2.31. The van der Waals surface area contributed by atoms with Gasteiger partial charge in [0.05, 0.1) is 20.0 Å². The highest BCUT2D eigenvalue weighted by Gasteiger charge is 2.41. The van der Waals surface area contributed by atoms with Crippen molar-refractivity contribution in [2.24, 2.45) is 6.98 Å². The average Bonchev–Trinajstić information content (AvgIpc) is 3.48. The zero-order valence-corrected chi connectivity index (χ0v) is 17.6. The van der Waals surface area contributed by atoms with E-state index in [0.29, 0.717) is 9.56 Å². The number of benzene rings is 1. The quantitative estimate of drug-likeness (QED) is 0.584. The van der Waals surface area contributed by atoms with Gasteiger partial charge in [0.2, 0.25) is 5.91 Å². The smallest absolute Gasteiger partial charge is 0.280 e. The fraction of sp³-hybridized carbons (Fsp3) is 0.263. The van der Waals surface area contributed by atoms with Gasteiger partial charge in [-0.2, -0.15) is 22.5 Å². The number of anilines is 1. The molecule has 8 nitrogen and oxygen atoms in total. The number of carbonyl (C=O) groups excluding carboxylic acids is 1. The maximum Gasteiger partial charge on any atom is 0.280 e. The van der Waals surface area contributed by atoms with Crippen molar-refractivity contribution in [3.05, 3.63) is 58.4 Å². The van der Waals surface area contributed by atoms with Crippen LogP contribution < -0.4 is 10.0 Å². The molecule has 31 heavy (non-hydrogen) atoms. The Kier molecular flexibility index (Phi) is 3.57. The Morgan fingerprint density at radius 2 is 2.29 bits per heavy atom. The number of rotatable bonds is 4. The minimum atomic E-state index is -5.31. The first-order valence-electron chi connectivity index (χ1n) is 13.0. The number of likely N-dealkylation sites (N-methyl/N-ethyl adjacent to an activating group) is 1. The summed E-state index contributed by atoms with van der Waals surface area (Å²) >= 11 is 6.46. The van der Waals surface area contributed by atoms with E-state index in [2.05, 4.69) is 10.4 Å². The summed E-state index contributed by atoms with van der Waals surface area (Å²) in [6, 6.07) is -0.769. The molecule has 3 heterocycles. The fourth-order valence-electron chi connectivity index (χ4n) is 2.67. The first-order chi connectivity index (χ1) is 18.2. The van der Waals surface area contributed by atoms with Gasteiger partial charge in [0.25, 0.3) is 10.2 Å². The highest BCUT2D eigenvalue weighted by Crippen LogP contribution is 2.36. The number of nitrogens with zero attached hydrogens (tertiary/aromatic N) is 3. The van der Waals surface area contributed by atoms with Crippen LogP contribution in [0.5, 0.6) is 0 Å². The number of amides is 1. The molecular weight excluding hydrogens is 465 g/mol. The minimum Gasteiger partial charge on any atom is -0.325 e. The van der Waals surface area contributed by atoms with Gasteiger partial charge in [-0.15, -0.1) is 11.3 Å². The lowest BCUT2D eigenvalue weighted by molar-refractivity contribution is -0.120. The molecule has 1 amide bonds. The Balaban J connectivity index is 1.80. The minimum absolute atomic E-state index is 0.202. The zero-order chi connectivity index (χ0) is 30.1. The van der Waals surface area contributed by atoms with Gasteiger partial charge in [0, 0.05) is 50.7 Å². The van der Waals surface area contributed by atoms with Gasteiger partial charge in [-0.3, -0.25) is 9.48 Å². The highest BCUT2D eigenvalue weighted by molar-refractivity contribution is 7.87. The molecule has 4 rings (SSSR count). The summed E-state index contributed by atoms with van der Waals surface area (Å²) in [7, 11) is -5.31. The molecule has 2 N–H and O–H groups in total. The summed E-state index contributed by atoms with van der Waals surface area (Å²) in [6.07, 6.45) is -0.0141. The topological polar surface area (TPSA) is 96.3 Å². The van der Waals surface area contributed by atoms with Crippen molar-refractivity contribution in [3.8, 4) is 10.4 Å². The number of halogens is 2. The molecule has 3 atom stereocenters. The Morgan fingerprint density at radius 1 is 1.45 bits per heavy atom. The van der Waals surface area contributed by atoms with Crippen molar-refractivity contribution < 1.29 is 29.9 Å². The summed E-state index contributed by atoms with van der Waals surface area (Å²) in [5.74, 6) is -2.46. The second kappa shape index (κ2) is 8.32. The molecule has 1 fully saturated rings. The number of hydrogen-bond acceptors (Lipinski definition) is 5. The fourth-order valence-corrected chi connectivity index (χ4v) is 4.80. The molecule has 3 aromatic rings. The third-order valence-electron chi connectivity index (χ3n) is 4.13. The summed E-state index contributed by atoms with van der Waals surface area (Å²) in [6.45, 7) is -6.22. The second-order valence-electron chi connectivity index (χ2n) is 6.24. The summed E-state index contributed by atoms with van der Waals surface area (Å²) in [5, 5.41) is 5.42. The summed E-state index contributed by atoms with van der Waals surface area (Å²) in [4.78, 5) is 13.5. The van der Waals surface area contributed by atoms with Crippen LogP contribution in [0.3, 0.4) is 0 Å². The van der Waals surface area contributed by atoms with Crippen LogP contribution in [-0.4, -0.2) is 41.4 Å². The Morgan fingerprint density at radius 3 is 3.00 bits per heavy atom. The van der Waals surface area contributed by atoms with E-state index in [1.165, 1.54) is 24.5 Å². The highest BCUT2D eigenvalue weighted by atomic mass is 35.5. The molecule has 3 unspecified atom stereocenters. The predicted octanol–water partition coefficient (Wildman–Crippen LogP) is 3.16. The number of carbonyl (C=O) groups is 1. The van der Waals surface area contributed by atoms with E-state index in [4.69, 9.17) is 23.9 Å². The normalized spacial score (nSPS) is 33.4. The third kappa shape index (κ3) is 4.51. The van der Waals surface area contributed by atoms with Crippen LogP contribution in [0, 0.1) is 5.82 Å². The second-order valence-corrected chi connectivity index (χ2v) is 9.25. The van der Waals surface area contributed by atoms with Crippen LogP contribution in [0.15, 0.2) is 42.7 Å². The van der Waals surface area contributed by atoms with E-state index in [0.717, 1.165) is 29.5 Å². The first-order valence-corrected chi connectivity index (χ1v) is 11.0. The molecule has 12 heteroatoms. The third-order valence-corrected chi connectivity index (χ3v) is 6.74. The lowest BCUT2D eigenvalue weighted by atomic mass is 10.1. The average molecular weight is 493 g/mol. The molecular formula is C19H19ClFN5O3S2. The molecule has 1 aromatic carbocycles. The Bertz CT molecular complexity index is 1580. The van der Waals surface area contributed by atoms with Crippen molar-refractivity contribution >= 4 is 44.7 Å². The van der Waals surface area contributed by atoms with E-state index in [9.17, 15) is 17.6 Å². The predicted molar refractivity (Wildman–Crippen MR) is 118 cm³/mol. The van der Waals surface area contributed by atoms with Crippen LogP contribution in [-0.2, 0) is 22.0 Å². The van der Waals surface area contributed by atoms with E-state index in [1.807, 2.05) is 4.72 Å². The van der Waals surface area contributed by atoms with Crippen LogP contribution in [0.2, 0.25) is 5.02 Å². The zero-order valence-electron chi connectivity index (χ0n) is 24.3. The van der Waals surface area contributed by atoms with Crippen molar-refractivity contribution in [2.75, 3.05) is 12.3 Å².